The molecule has 6 heteroatoms. The first-order valence-corrected chi connectivity index (χ1v) is 8.19. The van der Waals surface area contributed by atoms with Crippen LogP contribution in [0.3, 0.4) is 0 Å². The number of halogens is 1. The lowest BCUT2D eigenvalue weighted by molar-refractivity contribution is -0.481. The average Bonchev–Trinajstić information content (AvgIpc) is 3.02. The van der Waals surface area contributed by atoms with Crippen molar-refractivity contribution >= 4 is 22.5 Å². The molecule has 1 N–H and O–H groups in total. The third kappa shape index (κ3) is 3.67. The molecule has 5 nitrogen and oxygen atoms in total. The van der Waals surface area contributed by atoms with Crippen molar-refractivity contribution in [2.75, 3.05) is 13.2 Å². The van der Waals surface area contributed by atoms with Gasteiger partial charge in [-0.25, -0.2) is 0 Å². The molecular formula is C19H17ClN2O3. The first-order valence-electron chi connectivity index (χ1n) is 7.81. The Balaban J connectivity index is 2.03. The Labute approximate surface area is 150 Å². The fourth-order valence-electron chi connectivity index (χ4n) is 2.91. The molecule has 0 spiro atoms. The number of hydrogen-bond acceptors (Lipinski definition) is 3. The first-order chi connectivity index (χ1) is 12.1. The molecule has 0 aliphatic heterocycles. The highest BCUT2D eigenvalue weighted by Crippen LogP contribution is 2.35. The van der Waals surface area contributed by atoms with Crippen LogP contribution in [-0.2, 0) is 0 Å². The van der Waals surface area contributed by atoms with Gasteiger partial charge in [0.15, 0.2) is 0 Å². The van der Waals surface area contributed by atoms with Crippen molar-refractivity contribution in [3.63, 3.8) is 0 Å². The minimum atomic E-state index is -0.405. The van der Waals surface area contributed by atoms with Crippen molar-refractivity contribution in [1.82, 2.24) is 4.98 Å². The number of hydrogen-bond donors (Lipinski definition) is 1. The summed E-state index contributed by atoms with van der Waals surface area (Å²) in [6, 6.07) is 13.0. The monoisotopic (exact) mass is 356 g/mol. The zero-order valence-electron chi connectivity index (χ0n) is 13.4. The lowest BCUT2D eigenvalue weighted by Crippen LogP contribution is -2.13. The summed E-state index contributed by atoms with van der Waals surface area (Å²) < 4.78 is 5.47. The molecule has 0 unspecified atom stereocenters. The van der Waals surface area contributed by atoms with Gasteiger partial charge in [0, 0.05) is 22.0 Å². The Morgan fingerprint density at radius 2 is 2.12 bits per heavy atom. The van der Waals surface area contributed by atoms with Gasteiger partial charge in [-0.3, -0.25) is 10.1 Å². The average molecular weight is 357 g/mol. The summed E-state index contributed by atoms with van der Waals surface area (Å²) in [5.74, 6) is 0.126. The number of fused-ring (bicyclic) bond motifs is 1. The molecule has 0 aliphatic carbocycles. The van der Waals surface area contributed by atoms with Crippen LogP contribution in [0, 0.1) is 10.1 Å². The predicted octanol–water partition coefficient (Wildman–Crippen LogP) is 4.79. The van der Waals surface area contributed by atoms with Gasteiger partial charge in [0.05, 0.1) is 10.9 Å². The zero-order chi connectivity index (χ0) is 17.8. The lowest BCUT2D eigenvalue weighted by atomic mass is 9.91. The summed E-state index contributed by atoms with van der Waals surface area (Å²) in [5.41, 5.74) is 2.60. The molecule has 0 aliphatic rings. The number of nitro groups is 1. The van der Waals surface area contributed by atoms with E-state index in [-0.39, 0.29) is 11.5 Å². The van der Waals surface area contributed by atoms with E-state index in [1.807, 2.05) is 36.5 Å². The molecule has 3 rings (SSSR count). The maximum absolute atomic E-state index is 11.2. The van der Waals surface area contributed by atoms with E-state index >= 15 is 0 Å². The number of para-hydroxylation sites is 1. The van der Waals surface area contributed by atoms with Crippen LogP contribution >= 0.6 is 11.6 Å². The van der Waals surface area contributed by atoms with Crippen molar-refractivity contribution in [2.24, 2.45) is 0 Å². The lowest BCUT2D eigenvalue weighted by Gasteiger charge is -2.15. The van der Waals surface area contributed by atoms with E-state index < -0.39 is 5.92 Å². The highest BCUT2D eigenvalue weighted by atomic mass is 35.5. The van der Waals surface area contributed by atoms with Crippen LogP contribution in [0.4, 0.5) is 0 Å². The third-order valence-electron chi connectivity index (χ3n) is 4.04. The minimum absolute atomic E-state index is 0.217. The molecule has 2 aromatic carbocycles. The van der Waals surface area contributed by atoms with Crippen LogP contribution in [0.2, 0.25) is 5.02 Å². The molecule has 3 aromatic rings. The highest BCUT2D eigenvalue weighted by Gasteiger charge is 2.24. The van der Waals surface area contributed by atoms with E-state index in [4.69, 9.17) is 16.3 Å². The Kier molecular flexibility index (Phi) is 5.05. The van der Waals surface area contributed by atoms with Crippen LogP contribution in [0.15, 0.2) is 61.3 Å². The zero-order valence-corrected chi connectivity index (χ0v) is 14.2. The second-order valence-electron chi connectivity index (χ2n) is 5.65. The van der Waals surface area contributed by atoms with Crippen LogP contribution in [0.5, 0.6) is 5.75 Å². The van der Waals surface area contributed by atoms with Crippen molar-refractivity contribution < 1.29 is 9.66 Å². The SMILES string of the molecule is C=CCOc1ccc([C@H](C[N+](=O)[O-])c2c[nH]c3ccccc23)cc1Cl. The van der Waals surface area contributed by atoms with E-state index in [1.165, 1.54) is 0 Å². The van der Waals surface area contributed by atoms with E-state index in [1.54, 1.807) is 18.2 Å². The largest absolute Gasteiger partial charge is 0.488 e. The van der Waals surface area contributed by atoms with Gasteiger partial charge in [-0.2, -0.15) is 0 Å². The number of nitrogens with one attached hydrogen (secondary N) is 1. The van der Waals surface area contributed by atoms with Gasteiger partial charge in [0.2, 0.25) is 6.54 Å². The Bertz CT molecular complexity index is 920. The minimum Gasteiger partial charge on any atom is -0.488 e. The molecule has 128 valence electrons. The summed E-state index contributed by atoms with van der Waals surface area (Å²) in [6.07, 6.45) is 3.46. The second-order valence-corrected chi connectivity index (χ2v) is 6.05. The number of benzene rings is 2. The van der Waals surface area contributed by atoms with E-state index in [2.05, 4.69) is 11.6 Å². The van der Waals surface area contributed by atoms with Crippen LogP contribution < -0.4 is 4.74 Å². The van der Waals surface area contributed by atoms with Gasteiger partial charge >= 0.3 is 0 Å². The Hall–Kier alpha value is -2.79. The van der Waals surface area contributed by atoms with Gasteiger partial charge in [-0.1, -0.05) is 48.5 Å². The summed E-state index contributed by atoms with van der Waals surface area (Å²) in [6.45, 7) is 3.73. The standard InChI is InChI=1S/C19H17ClN2O3/c1-2-9-25-19-8-7-13(10-17(19)20)16(12-22(23)24)15-11-21-18-6-4-3-5-14(15)18/h2-8,10-11,16,21H,1,9,12H2/t16-/m0/s1. The first kappa shape index (κ1) is 17.0. The van der Waals surface area contributed by atoms with Crippen LogP contribution in [0.25, 0.3) is 10.9 Å². The maximum Gasteiger partial charge on any atom is 0.214 e. The number of aromatic nitrogens is 1. The molecule has 0 saturated heterocycles. The quantitative estimate of drug-likeness (QED) is 0.376. The fourth-order valence-corrected chi connectivity index (χ4v) is 3.16. The number of nitrogens with zero attached hydrogens (tertiary/aromatic N) is 1. The number of rotatable bonds is 7. The van der Waals surface area contributed by atoms with E-state index in [9.17, 15) is 10.1 Å². The molecule has 0 bridgehead atoms. The summed E-state index contributed by atoms with van der Waals surface area (Å²) >= 11 is 6.29. The second kappa shape index (κ2) is 7.40. The van der Waals surface area contributed by atoms with Crippen molar-refractivity contribution in [3.05, 3.63) is 87.6 Å². The molecule has 0 amide bonds. The number of aromatic amines is 1. The summed E-state index contributed by atoms with van der Waals surface area (Å²) in [5, 5.41) is 12.6. The molecule has 0 saturated carbocycles. The third-order valence-corrected chi connectivity index (χ3v) is 4.34. The highest BCUT2D eigenvalue weighted by molar-refractivity contribution is 6.32. The van der Waals surface area contributed by atoms with Gasteiger partial charge in [0.1, 0.15) is 12.4 Å². The van der Waals surface area contributed by atoms with Gasteiger partial charge < -0.3 is 9.72 Å². The van der Waals surface area contributed by atoms with Crippen molar-refractivity contribution in [2.45, 2.75) is 5.92 Å². The van der Waals surface area contributed by atoms with Crippen molar-refractivity contribution in [1.29, 1.82) is 0 Å². The molecule has 1 atom stereocenters. The smallest absolute Gasteiger partial charge is 0.214 e. The van der Waals surface area contributed by atoms with Gasteiger partial charge in [-0.15, -0.1) is 0 Å². The molecule has 1 heterocycles. The molecule has 25 heavy (non-hydrogen) atoms. The van der Waals surface area contributed by atoms with E-state index in [0.717, 1.165) is 22.0 Å². The Morgan fingerprint density at radius 1 is 1.32 bits per heavy atom. The fraction of sp³-hybridized carbons (Fsp3) is 0.158. The maximum atomic E-state index is 11.2. The molecule has 0 radical (unpaired) electrons. The number of H-pyrrole nitrogens is 1. The predicted molar refractivity (Wildman–Crippen MR) is 99.1 cm³/mol. The normalized spacial score (nSPS) is 12.0. The van der Waals surface area contributed by atoms with Gasteiger partial charge in [0.25, 0.3) is 0 Å². The van der Waals surface area contributed by atoms with E-state index in [0.29, 0.717) is 17.4 Å². The number of ether oxygens (including phenoxy) is 1. The Morgan fingerprint density at radius 3 is 2.84 bits per heavy atom. The summed E-state index contributed by atoms with van der Waals surface area (Å²) in [4.78, 5) is 14.1. The summed E-state index contributed by atoms with van der Waals surface area (Å²) in [7, 11) is 0. The van der Waals surface area contributed by atoms with Gasteiger partial charge in [-0.05, 0) is 29.3 Å². The molecule has 1 aromatic heterocycles. The molecule has 0 fully saturated rings. The van der Waals surface area contributed by atoms with Crippen molar-refractivity contribution in [3.8, 4) is 5.75 Å². The topological polar surface area (TPSA) is 68.2 Å². The molecular weight excluding hydrogens is 340 g/mol. The van der Waals surface area contributed by atoms with Crippen LogP contribution in [0.1, 0.15) is 17.0 Å². The van der Waals surface area contributed by atoms with Crippen LogP contribution in [-0.4, -0.2) is 23.1 Å².